The van der Waals surface area contributed by atoms with E-state index < -0.39 is 39.1 Å². The summed E-state index contributed by atoms with van der Waals surface area (Å²) in [5, 5.41) is 2.06. The summed E-state index contributed by atoms with van der Waals surface area (Å²) in [6.07, 6.45) is -6.08. The average molecular weight is 405 g/mol. The van der Waals surface area contributed by atoms with E-state index in [1.165, 1.54) is 26.2 Å². The van der Waals surface area contributed by atoms with Gasteiger partial charge in [0.1, 0.15) is 5.82 Å². The van der Waals surface area contributed by atoms with E-state index in [0.717, 1.165) is 12.1 Å². The van der Waals surface area contributed by atoms with Crippen LogP contribution in [0, 0.1) is 6.92 Å². The first-order valence-corrected chi connectivity index (χ1v) is 8.73. The molecule has 0 unspecified atom stereocenters. The molecule has 27 heavy (non-hydrogen) atoms. The van der Waals surface area contributed by atoms with E-state index in [9.17, 15) is 26.4 Å². The van der Waals surface area contributed by atoms with Crippen molar-refractivity contribution in [3.05, 3.63) is 35.7 Å². The first-order valence-electron chi connectivity index (χ1n) is 7.25. The van der Waals surface area contributed by atoms with Gasteiger partial charge in [-0.3, -0.25) is 5.32 Å². The molecule has 0 aliphatic heterocycles. The molecule has 0 bridgehead atoms. The highest BCUT2D eigenvalue weighted by Gasteiger charge is 2.31. The van der Waals surface area contributed by atoms with Crippen LogP contribution in [-0.4, -0.2) is 42.7 Å². The Morgan fingerprint density at radius 3 is 2.48 bits per heavy atom. The van der Waals surface area contributed by atoms with E-state index in [-0.39, 0.29) is 17.8 Å². The lowest BCUT2D eigenvalue weighted by Crippen LogP contribution is -2.35. The normalized spacial score (nSPS) is 11.7. The van der Waals surface area contributed by atoms with Gasteiger partial charge < -0.3 is 4.74 Å². The molecule has 9 nitrogen and oxygen atoms in total. The van der Waals surface area contributed by atoms with E-state index in [4.69, 9.17) is 4.74 Å². The fraction of sp³-hybridized carbons (Fsp3) is 0.286. The zero-order valence-corrected chi connectivity index (χ0v) is 14.8. The number of anilines is 1. The summed E-state index contributed by atoms with van der Waals surface area (Å²) in [6.45, 7) is 1.48. The predicted molar refractivity (Wildman–Crippen MR) is 86.7 cm³/mol. The number of hydrogen-bond donors (Lipinski definition) is 2. The van der Waals surface area contributed by atoms with Crippen LogP contribution in [0.4, 0.5) is 23.9 Å². The number of ether oxygens (including phenoxy) is 1. The summed E-state index contributed by atoms with van der Waals surface area (Å²) in [5.41, 5.74) is -0.497. The molecule has 0 aliphatic carbocycles. The molecule has 2 aromatic rings. The topological polar surface area (TPSA) is 123 Å². The molecule has 0 fully saturated rings. The van der Waals surface area contributed by atoms with Crippen LogP contribution in [0.3, 0.4) is 0 Å². The number of sulfonamides is 1. The summed E-state index contributed by atoms with van der Waals surface area (Å²) in [6, 6.07) is 3.11. The number of alkyl halides is 3. The van der Waals surface area contributed by atoms with Gasteiger partial charge in [-0.15, -0.1) is 0 Å². The number of urea groups is 1. The molecule has 2 N–H and O–H groups in total. The minimum absolute atomic E-state index is 0.115. The van der Waals surface area contributed by atoms with Gasteiger partial charge in [0.2, 0.25) is 5.95 Å². The van der Waals surface area contributed by atoms with Crippen LogP contribution in [-0.2, 0) is 16.4 Å². The molecule has 0 saturated heterocycles. The third-order valence-corrected chi connectivity index (χ3v) is 4.45. The van der Waals surface area contributed by atoms with Crippen molar-refractivity contribution in [3.8, 4) is 6.01 Å². The minimum atomic E-state index is -4.62. The number of halogens is 3. The van der Waals surface area contributed by atoms with Gasteiger partial charge in [-0.2, -0.15) is 28.1 Å². The third-order valence-electron chi connectivity index (χ3n) is 3.01. The van der Waals surface area contributed by atoms with E-state index in [1.54, 1.807) is 4.72 Å². The Morgan fingerprint density at radius 2 is 1.85 bits per heavy atom. The molecule has 0 saturated carbocycles. The molecule has 0 radical (unpaired) electrons. The molecule has 146 valence electrons. The van der Waals surface area contributed by atoms with Crippen molar-refractivity contribution in [3.63, 3.8) is 0 Å². The van der Waals surface area contributed by atoms with Gasteiger partial charge in [-0.05, 0) is 18.6 Å². The lowest BCUT2D eigenvalue weighted by molar-refractivity contribution is -0.127. The smallest absolute Gasteiger partial charge is 0.393 e. The fourth-order valence-corrected chi connectivity index (χ4v) is 3.18. The number of amides is 2. The fourth-order valence-electron chi connectivity index (χ4n) is 2.04. The number of hydrogen-bond acceptors (Lipinski definition) is 7. The second-order valence-corrected chi connectivity index (χ2v) is 6.80. The standard InChI is InChI=1S/C14H14F3N5O4S/c1-8-18-11(21-13(19-8)26-2)20-12(23)22-27(24,25)10-6-4-3-5-9(10)7-14(15,16)17/h3-6H,7H2,1-2H3,(H2,18,19,20,21,22,23). The van der Waals surface area contributed by atoms with Crippen LogP contribution >= 0.6 is 0 Å². The van der Waals surface area contributed by atoms with E-state index in [2.05, 4.69) is 20.3 Å². The summed E-state index contributed by atoms with van der Waals surface area (Å²) in [5.74, 6) is -0.105. The minimum Gasteiger partial charge on any atom is -0.467 e. The Kier molecular flexibility index (Phi) is 5.83. The Hall–Kier alpha value is -2.96. The molecule has 1 aromatic heterocycles. The lowest BCUT2D eigenvalue weighted by atomic mass is 10.1. The Bertz CT molecular complexity index is 950. The first-order chi connectivity index (χ1) is 12.5. The molecule has 0 aliphatic rings. The van der Waals surface area contributed by atoms with Crippen LogP contribution < -0.4 is 14.8 Å². The lowest BCUT2D eigenvalue weighted by Gasteiger charge is -2.13. The quantitative estimate of drug-likeness (QED) is 0.777. The summed E-state index contributed by atoms with van der Waals surface area (Å²) < 4.78 is 69.0. The summed E-state index contributed by atoms with van der Waals surface area (Å²) in [4.78, 5) is 22.5. The molecular weight excluding hydrogens is 391 g/mol. The number of rotatable bonds is 5. The molecule has 13 heteroatoms. The zero-order valence-electron chi connectivity index (χ0n) is 14.0. The second kappa shape index (κ2) is 7.73. The van der Waals surface area contributed by atoms with Gasteiger partial charge in [0, 0.05) is 0 Å². The second-order valence-electron chi connectivity index (χ2n) is 5.15. The van der Waals surface area contributed by atoms with Crippen molar-refractivity contribution < 1.29 is 31.1 Å². The SMILES string of the molecule is COc1nc(C)nc(NC(=O)NS(=O)(=O)c2ccccc2CC(F)(F)F)n1. The van der Waals surface area contributed by atoms with E-state index in [0.29, 0.717) is 0 Å². The molecular formula is C14H14F3N5O4S. The maximum atomic E-state index is 12.6. The molecule has 2 amide bonds. The highest BCUT2D eigenvalue weighted by atomic mass is 32.2. The van der Waals surface area contributed by atoms with E-state index in [1.807, 2.05) is 0 Å². The first kappa shape index (κ1) is 20.4. The average Bonchev–Trinajstić information content (AvgIpc) is 2.52. The monoisotopic (exact) mass is 405 g/mol. The van der Waals surface area contributed by atoms with Gasteiger partial charge >= 0.3 is 18.2 Å². The van der Waals surface area contributed by atoms with E-state index >= 15 is 0 Å². The number of aromatic nitrogens is 3. The number of benzene rings is 1. The highest BCUT2D eigenvalue weighted by molar-refractivity contribution is 7.90. The van der Waals surface area contributed by atoms with Gasteiger partial charge in [0.05, 0.1) is 18.4 Å². The van der Waals surface area contributed by atoms with Gasteiger partial charge in [-0.25, -0.2) is 17.9 Å². The predicted octanol–water partition coefficient (Wildman–Crippen LogP) is 1.80. The van der Waals surface area contributed by atoms with Gasteiger partial charge in [0.15, 0.2) is 0 Å². The highest BCUT2D eigenvalue weighted by Crippen LogP contribution is 2.25. The molecule has 0 atom stereocenters. The molecule has 2 rings (SSSR count). The number of carbonyl (C=O) groups is 1. The number of nitrogens with zero attached hydrogens (tertiary/aromatic N) is 3. The molecule has 0 spiro atoms. The number of aryl methyl sites for hydroxylation is 1. The Labute approximate surface area is 152 Å². The van der Waals surface area contributed by atoms with Crippen molar-refractivity contribution in [2.75, 3.05) is 12.4 Å². The van der Waals surface area contributed by atoms with Crippen LogP contribution in [0.2, 0.25) is 0 Å². The Balaban J connectivity index is 2.22. The van der Waals surface area contributed by atoms with Crippen molar-refractivity contribution >= 4 is 22.0 Å². The van der Waals surface area contributed by atoms with Crippen molar-refractivity contribution in [1.82, 2.24) is 19.7 Å². The largest absolute Gasteiger partial charge is 0.467 e. The van der Waals surface area contributed by atoms with Crippen LogP contribution in [0.1, 0.15) is 11.4 Å². The molecule has 1 heterocycles. The maximum absolute atomic E-state index is 12.6. The number of methoxy groups -OCH3 is 1. The third kappa shape index (κ3) is 5.77. The van der Waals surface area contributed by atoms with Crippen LogP contribution in [0.25, 0.3) is 0 Å². The Morgan fingerprint density at radius 1 is 1.19 bits per heavy atom. The van der Waals surface area contributed by atoms with Crippen LogP contribution in [0.15, 0.2) is 29.2 Å². The summed E-state index contributed by atoms with van der Waals surface area (Å²) in [7, 11) is -3.29. The van der Waals surface area contributed by atoms with Crippen molar-refractivity contribution in [1.29, 1.82) is 0 Å². The maximum Gasteiger partial charge on any atom is 0.393 e. The summed E-state index contributed by atoms with van der Waals surface area (Å²) >= 11 is 0. The van der Waals surface area contributed by atoms with Gasteiger partial charge in [0.25, 0.3) is 10.0 Å². The van der Waals surface area contributed by atoms with Crippen molar-refractivity contribution in [2.24, 2.45) is 0 Å². The van der Waals surface area contributed by atoms with Gasteiger partial charge in [-0.1, -0.05) is 18.2 Å². The number of nitrogens with one attached hydrogen (secondary N) is 2. The molecule has 1 aromatic carbocycles. The van der Waals surface area contributed by atoms with Crippen LogP contribution in [0.5, 0.6) is 6.01 Å². The number of carbonyl (C=O) groups excluding carboxylic acids is 1. The van der Waals surface area contributed by atoms with Crippen molar-refractivity contribution in [2.45, 2.75) is 24.4 Å². The zero-order chi connectivity index (χ0) is 20.2.